The second-order valence-electron chi connectivity index (χ2n) is 5.35. The first kappa shape index (κ1) is 16.5. The Bertz CT molecular complexity index is 479. The lowest BCUT2D eigenvalue weighted by molar-refractivity contribution is -0.308. The first-order valence-corrected chi connectivity index (χ1v) is 6.91. The highest BCUT2D eigenvalue weighted by atomic mass is 79.9. The lowest BCUT2D eigenvalue weighted by Gasteiger charge is -2.24. The van der Waals surface area contributed by atoms with Gasteiger partial charge in [-0.1, -0.05) is 28.1 Å². The van der Waals surface area contributed by atoms with Gasteiger partial charge in [-0.2, -0.15) is 0 Å². The summed E-state index contributed by atoms with van der Waals surface area (Å²) >= 11 is 3.30. The lowest BCUT2D eigenvalue weighted by atomic mass is 10.1. The Kier molecular flexibility index (Phi) is 5.56. The number of carbonyl (C=O) groups is 2. The maximum absolute atomic E-state index is 11.6. The van der Waals surface area contributed by atoms with Crippen molar-refractivity contribution in [3.8, 4) is 0 Å². The van der Waals surface area contributed by atoms with Crippen molar-refractivity contribution in [2.45, 2.75) is 38.8 Å². The van der Waals surface area contributed by atoms with Crippen molar-refractivity contribution in [3.63, 3.8) is 0 Å². The van der Waals surface area contributed by atoms with E-state index in [1.807, 2.05) is 0 Å². The number of carboxylic acids is 1. The van der Waals surface area contributed by atoms with Gasteiger partial charge in [0.05, 0.1) is 12.0 Å². The van der Waals surface area contributed by atoms with E-state index in [9.17, 15) is 14.7 Å². The van der Waals surface area contributed by atoms with E-state index in [0.29, 0.717) is 0 Å². The van der Waals surface area contributed by atoms with Crippen molar-refractivity contribution in [2.75, 3.05) is 0 Å². The van der Waals surface area contributed by atoms with E-state index in [4.69, 9.17) is 4.74 Å². The monoisotopic (exact) mass is 342 g/mol. The molecule has 0 spiro atoms. The van der Waals surface area contributed by atoms with Crippen LogP contribution in [0.1, 0.15) is 26.3 Å². The molecule has 6 heteroatoms. The predicted molar refractivity (Wildman–Crippen MR) is 76.0 cm³/mol. The zero-order chi connectivity index (χ0) is 15.3. The molecule has 5 nitrogen and oxygen atoms in total. The van der Waals surface area contributed by atoms with E-state index in [0.717, 1.165) is 10.0 Å². The number of rotatable bonds is 4. The van der Waals surface area contributed by atoms with E-state index in [1.165, 1.54) is 0 Å². The Labute approximate surface area is 126 Å². The van der Waals surface area contributed by atoms with E-state index in [2.05, 4.69) is 21.2 Å². The van der Waals surface area contributed by atoms with Crippen molar-refractivity contribution in [1.29, 1.82) is 0 Å². The number of nitrogens with one attached hydrogen (secondary N) is 1. The topological polar surface area (TPSA) is 78.5 Å². The van der Waals surface area contributed by atoms with Gasteiger partial charge in [-0.15, -0.1) is 0 Å². The summed E-state index contributed by atoms with van der Waals surface area (Å²) in [6.07, 6.45) is -0.640. The fourth-order valence-corrected chi connectivity index (χ4v) is 1.76. The standard InChI is InChI=1S/C14H18BrNO4/c1-14(2,3)20-13(19)16-11(12(17)18)8-9-4-6-10(15)7-5-9/h4-7,11H,8H2,1-3H3,(H,16,19)(H,17,18)/p-1. The highest BCUT2D eigenvalue weighted by Gasteiger charge is 2.20. The molecule has 1 N–H and O–H groups in total. The van der Waals surface area contributed by atoms with Gasteiger partial charge in [-0.3, -0.25) is 0 Å². The maximum atomic E-state index is 11.6. The first-order chi connectivity index (χ1) is 9.17. The Balaban J connectivity index is 2.68. The van der Waals surface area contributed by atoms with Crippen molar-refractivity contribution in [3.05, 3.63) is 34.3 Å². The third kappa shape index (κ3) is 6.06. The largest absolute Gasteiger partial charge is 0.548 e. The van der Waals surface area contributed by atoms with Crippen LogP contribution in [0.4, 0.5) is 4.79 Å². The number of ether oxygens (including phenoxy) is 1. The summed E-state index contributed by atoms with van der Waals surface area (Å²) in [6, 6.07) is 6.02. The van der Waals surface area contributed by atoms with Crippen LogP contribution in [0, 0.1) is 0 Å². The molecule has 0 aromatic heterocycles. The van der Waals surface area contributed by atoms with Crippen LogP contribution in [0.3, 0.4) is 0 Å². The molecular weight excluding hydrogens is 326 g/mol. The molecule has 1 aromatic carbocycles. The number of carbonyl (C=O) groups excluding carboxylic acids is 2. The number of aliphatic carboxylic acids is 1. The van der Waals surface area contributed by atoms with Crippen LogP contribution in [-0.2, 0) is 16.0 Å². The third-order valence-corrected chi connectivity index (χ3v) is 2.86. The van der Waals surface area contributed by atoms with Crippen molar-refractivity contribution < 1.29 is 19.4 Å². The number of benzene rings is 1. The Morgan fingerprint density at radius 1 is 1.30 bits per heavy atom. The summed E-state index contributed by atoms with van der Waals surface area (Å²) < 4.78 is 5.92. The minimum absolute atomic E-state index is 0.134. The summed E-state index contributed by atoms with van der Waals surface area (Å²) in [6.45, 7) is 5.11. The molecule has 1 aromatic rings. The molecule has 0 radical (unpaired) electrons. The molecule has 0 saturated heterocycles. The second kappa shape index (κ2) is 6.74. The molecule has 1 amide bonds. The molecule has 0 aliphatic heterocycles. The summed E-state index contributed by atoms with van der Waals surface area (Å²) in [4.78, 5) is 22.7. The molecule has 20 heavy (non-hydrogen) atoms. The summed E-state index contributed by atoms with van der Waals surface area (Å²) in [5.41, 5.74) is 0.0940. The number of carboxylic acid groups (broad SMARTS) is 1. The van der Waals surface area contributed by atoms with Gasteiger partial charge in [0.15, 0.2) is 0 Å². The molecule has 0 saturated carbocycles. The van der Waals surface area contributed by atoms with Gasteiger partial charge in [0.2, 0.25) is 0 Å². The predicted octanol–water partition coefficient (Wildman–Crippen LogP) is 1.63. The minimum atomic E-state index is -1.35. The van der Waals surface area contributed by atoms with Crippen LogP contribution in [0.15, 0.2) is 28.7 Å². The molecule has 0 aliphatic rings. The van der Waals surface area contributed by atoms with Gasteiger partial charge in [0, 0.05) is 4.47 Å². The van der Waals surface area contributed by atoms with E-state index >= 15 is 0 Å². The normalized spacial score (nSPS) is 12.6. The number of hydrogen-bond donors (Lipinski definition) is 1. The van der Waals surface area contributed by atoms with Crippen molar-refractivity contribution in [1.82, 2.24) is 5.32 Å². The molecule has 0 heterocycles. The third-order valence-electron chi connectivity index (χ3n) is 2.33. The number of alkyl carbamates (subject to hydrolysis) is 1. The average molecular weight is 343 g/mol. The molecule has 1 unspecified atom stereocenters. The van der Waals surface area contributed by atoms with Crippen LogP contribution in [0.25, 0.3) is 0 Å². The van der Waals surface area contributed by atoms with E-state index in [1.54, 1.807) is 45.0 Å². The zero-order valence-corrected chi connectivity index (χ0v) is 13.2. The summed E-state index contributed by atoms with van der Waals surface area (Å²) in [5.74, 6) is -1.35. The highest BCUT2D eigenvalue weighted by Crippen LogP contribution is 2.12. The molecular formula is C14H17BrNO4-. The fourth-order valence-electron chi connectivity index (χ4n) is 1.50. The molecule has 1 rings (SSSR count). The Hall–Kier alpha value is -1.56. The van der Waals surface area contributed by atoms with Crippen molar-refractivity contribution in [2.24, 2.45) is 0 Å². The van der Waals surface area contributed by atoms with Gasteiger partial charge >= 0.3 is 6.09 Å². The van der Waals surface area contributed by atoms with Gasteiger partial charge in [0.25, 0.3) is 0 Å². The number of halogens is 1. The van der Waals surface area contributed by atoms with Crippen LogP contribution in [0.2, 0.25) is 0 Å². The average Bonchev–Trinajstić information content (AvgIpc) is 2.28. The maximum Gasteiger partial charge on any atom is 0.408 e. The fraction of sp³-hybridized carbons (Fsp3) is 0.429. The number of hydrogen-bond acceptors (Lipinski definition) is 4. The van der Waals surface area contributed by atoms with Gasteiger partial charge in [-0.25, -0.2) is 4.79 Å². The molecule has 0 bridgehead atoms. The van der Waals surface area contributed by atoms with Crippen LogP contribution < -0.4 is 10.4 Å². The molecule has 1 atom stereocenters. The van der Waals surface area contributed by atoms with Crippen molar-refractivity contribution >= 4 is 28.0 Å². The minimum Gasteiger partial charge on any atom is -0.548 e. The number of amides is 1. The van der Waals surface area contributed by atoms with E-state index in [-0.39, 0.29) is 6.42 Å². The lowest BCUT2D eigenvalue weighted by Crippen LogP contribution is -2.50. The first-order valence-electron chi connectivity index (χ1n) is 6.12. The summed E-state index contributed by atoms with van der Waals surface area (Å²) in [7, 11) is 0. The van der Waals surface area contributed by atoms with Crippen LogP contribution in [0.5, 0.6) is 0 Å². The highest BCUT2D eigenvalue weighted by molar-refractivity contribution is 9.10. The molecule has 0 fully saturated rings. The SMILES string of the molecule is CC(C)(C)OC(=O)NC(Cc1ccc(Br)cc1)C(=O)[O-]. The van der Waals surface area contributed by atoms with E-state index < -0.39 is 23.7 Å². The molecule has 0 aliphatic carbocycles. The quantitative estimate of drug-likeness (QED) is 0.901. The van der Waals surface area contributed by atoms with Crippen LogP contribution >= 0.6 is 15.9 Å². The van der Waals surface area contributed by atoms with Gasteiger partial charge in [-0.05, 0) is 44.9 Å². The molecule has 110 valence electrons. The summed E-state index contributed by atoms with van der Waals surface area (Å²) in [5, 5.41) is 13.4. The second-order valence-corrected chi connectivity index (χ2v) is 6.26. The zero-order valence-electron chi connectivity index (χ0n) is 11.6. The van der Waals surface area contributed by atoms with Gasteiger partial charge in [0.1, 0.15) is 5.60 Å². The van der Waals surface area contributed by atoms with Gasteiger partial charge < -0.3 is 20.0 Å². The Morgan fingerprint density at radius 3 is 2.30 bits per heavy atom. The van der Waals surface area contributed by atoms with Crippen LogP contribution in [-0.4, -0.2) is 23.7 Å². The Morgan fingerprint density at radius 2 is 1.85 bits per heavy atom. The smallest absolute Gasteiger partial charge is 0.408 e.